The summed E-state index contributed by atoms with van der Waals surface area (Å²) in [5.74, 6) is 1.67. The fraction of sp³-hybridized carbons (Fsp3) is 0.0370. The molecule has 0 bridgehead atoms. The highest BCUT2D eigenvalue weighted by atomic mass is 15.3. The van der Waals surface area contributed by atoms with Crippen molar-refractivity contribution in [3.05, 3.63) is 115 Å². The van der Waals surface area contributed by atoms with Crippen LogP contribution < -0.4 is 0 Å². The number of rotatable bonds is 4. The third kappa shape index (κ3) is 3.42. The van der Waals surface area contributed by atoms with E-state index in [2.05, 4.69) is 107 Å². The second kappa shape index (κ2) is 7.80. The van der Waals surface area contributed by atoms with Crippen LogP contribution in [0, 0.1) is 6.92 Å². The van der Waals surface area contributed by atoms with Gasteiger partial charge in [-0.3, -0.25) is 4.57 Å². The van der Waals surface area contributed by atoms with Crippen molar-refractivity contribution in [2.45, 2.75) is 6.92 Å². The van der Waals surface area contributed by atoms with E-state index in [-0.39, 0.29) is 0 Å². The van der Waals surface area contributed by atoms with Gasteiger partial charge in [-0.05, 0) is 30.2 Å². The number of aryl methyl sites for hydroxylation is 1. The molecule has 144 valence electrons. The van der Waals surface area contributed by atoms with Gasteiger partial charge in [0.15, 0.2) is 11.6 Å². The first-order valence-electron chi connectivity index (χ1n) is 10.0. The lowest BCUT2D eigenvalue weighted by atomic mass is 10.0. The van der Waals surface area contributed by atoms with E-state index in [1.807, 2.05) is 24.3 Å². The standard InChI is InChI=1S/C27H21N3/c1-20-12-14-23(15-13-20)26-28-29-27(30(26)25-10-6-3-7-11-25)24-18-16-22(17-19-24)21-8-4-2-5-9-21/h2-19H,1H3. The number of hydrogen-bond acceptors (Lipinski definition) is 2. The van der Waals surface area contributed by atoms with Crippen LogP contribution in [0.4, 0.5) is 0 Å². The molecule has 3 heteroatoms. The summed E-state index contributed by atoms with van der Waals surface area (Å²) >= 11 is 0. The van der Waals surface area contributed by atoms with Gasteiger partial charge < -0.3 is 0 Å². The summed E-state index contributed by atoms with van der Waals surface area (Å²) in [6, 6.07) is 37.6. The fourth-order valence-electron chi connectivity index (χ4n) is 3.62. The molecule has 0 N–H and O–H groups in total. The molecule has 0 saturated carbocycles. The summed E-state index contributed by atoms with van der Waals surface area (Å²) in [5, 5.41) is 9.14. The number of nitrogens with zero attached hydrogens (tertiary/aromatic N) is 3. The molecule has 0 saturated heterocycles. The van der Waals surface area contributed by atoms with E-state index in [0.717, 1.165) is 28.5 Å². The highest BCUT2D eigenvalue weighted by Gasteiger charge is 2.17. The summed E-state index contributed by atoms with van der Waals surface area (Å²) < 4.78 is 2.13. The molecule has 0 atom stereocenters. The molecule has 0 fully saturated rings. The minimum absolute atomic E-state index is 0.830. The molecule has 4 aromatic carbocycles. The van der Waals surface area contributed by atoms with Crippen LogP contribution in [0.15, 0.2) is 109 Å². The molecule has 1 aromatic heterocycles. The van der Waals surface area contributed by atoms with E-state index >= 15 is 0 Å². The highest BCUT2D eigenvalue weighted by molar-refractivity contribution is 5.70. The maximum absolute atomic E-state index is 4.58. The van der Waals surface area contributed by atoms with E-state index in [1.165, 1.54) is 16.7 Å². The molecule has 0 radical (unpaired) electrons. The van der Waals surface area contributed by atoms with Gasteiger partial charge in [-0.1, -0.05) is 103 Å². The van der Waals surface area contributed by atoms with Crippen molar-refractivity contribution in [3.63, 3.8) is 0 Å². The van der Waals surface area contributed by atoms with E-state index in [1.54, 1.807) is 0 Å². The Morgan fingerprint density at radius 2 is 0.900 bits per heavy atom. The van der Waals surface area contributed by atoms with Crippen LogP contribution in [0.25, 0.3) is 39.6 Å². The van der Waals surface area contributed by atoms with Gasteiger partial charge in [0.25, 0.3) is 0 Å². The first-order chi connectivity index (χ1) is 14.8. The second-order valence-electron chi connectivity index (χ2n) is 7.33. The van der Waals surface area contributed by atoms with E-state index < -0.39 is 0 Å². The Morgan fingerprint density at radius 3 is 1.47 bits per heavy atom. The Morgan fingerprint density at radius 1 is 0.467 bits per heavy atom. The largest absolute Gasteiger partial charge is 0.275 e. The third-order valence-electron chi connectivity index (χ3n) is 5.24. The number of para-hydroxylation sites is 1. The molecule has 0 aliphatic heterocycles. The lowest BCUT2D eigenvalue weighted by molar-refractivity contribution is 1.07. The normalized spacial score (nSPS) is 10.8. The molecule has 0 aliphatic carbocycles. The van der Waals surface area contributed by atoms with Crippen molar-refractivity contribution in [1.29, 1.82) is 0 Å². The van der Waals surface area contributed by atoms with Gasteiger partial charge in [-0.2, -0.15) is 0 Å². The highest BCUT2D eigenvalue weighted by Crippen LogP contribution is 2.30. The fourth-order valence-corrected chi connectivity index (χ4v) is 3.62. The first kappa shape index (κ1) is 18.1. The van der Waals surface area contributed by atoms with Gasteiger partial charge in [0.2, 0.25) is 0 Å². The third-order valence-corrected chi connectivity index (χ3v) is 5.24. The summed E-state index contributed by atoms with van der Waals surface area (Å²) in [6.45, 7) is 2.09. The van der Waals surface area contributed by atoms with Crippen LogP contribution in [0.1, 0.15) is 5.56 Å². The summed E-state index contributed by atoms with van der Waals surface area (Å²) in [7, 11) is 0. The SMILES string of the molecule is Cc1ccc(-c2nnc(-c3ccc(-c4ccccc4)cc3)n2-c2ccccc2)cc1. The van der Waals surface area contributed by atoms with Gasteiger partial charge >= 0.3 is 0 Å². The smallest absolute Gasteiger partial charge is 0.168 e. The van der Waals surface area contributed by atoms with Crippen LogP contribution in [0.2, 0.25) is 0 Å². The van der Waals surface area contributed by atoms with Gasteiger partial charge in [-0.25, -0.2) is 0 Å². The Kier molecular flexibility index (Phi) is 4.70. The predicted molar refractivity (Wildman–Crippen MR) is 122 cm³/mol. The summed E-state index contributed by atoms with van der Waals surface area (Å²) in [5.41, 5.74) is 6.73. The maximum Gasteiger partial charge on any atom is 0.168 e. The lowest BCUT2D eigenvalue weighted by Gasteiger charge is -2.11. The van der Waals surface area contributed by atoms with Gasteiger partial charge in [0, 0.05) is 16.8 Å². The Bertz CT molecular complexity index is 1250. The predicted octanol–water partition coefficient (Wildman–Crippen LogP) is 6.58. The van der Waals surface area contributed by atoms with Crippen LogP contribution in [0.5, 0.6) is 0 Å². The average Bonchev–Trinajstić information content (AvgIpc) is 3.26. The number of benzene rings is 4. The van der Waals surface area contributed by atoms with Crippen molar-refractivity contribution < 1.29 is 0 Å². The van der Waals surface area contributed by atoms with E-state index in [0.29, 0.717) is 0 Å². The Hall–Kier alpha value is -3.98. The number of hydrogen-bond donors (Lipinski definition) is 0. The quantitative estimate of drug-likeness (QED) is 0.349. The molecule has 0 spiro atoms. The monoisotopic (exact) mass is 387 g/mol. The molecule has 0 unspecified atom stereocenters. The number of aromatic nitrogens is 3. The van der Waals surface area contributed by atoms with Crippen LogP contribution in [-0.2, 0) is 0 Å². The zero-order chi connectivity index (χ0) is 20.3. The molecule has 3 nitrogen and oxygen atoms in total. The topological polar surface area (TPSA) is 30.7 Å². The maximum atomic E-state index is 4.58. The zero-order valence-electron chi connectivity index (χ0n) is 16.7. The Balaban J connectivity index is 1.63. The lowest BCUT2D eigenvalue weighted by Crippen LogP contribution is -2.00. The molecule has 0 aliphatic rings. The van der Waals surface area contributed by atoms with Crippen molar-refractivity contribution in [2.24, 2.45) is 0 Å². The molecule has 5 rings (SSSR count). The van der Waals surface area contributed by atoms with Crippen LogP contribution in [-0.4, -0.2) is 14.8 Å². The van der Waals surface area contributed by atoms with Crippen molar-refractivity contribution in [1.82, 2.24) is 14.8 Å². The molecule has 1 heterocycles. The van der Waals surface area contributed by atoms with Crippen LogP contribution >= 0.6 is 0 Å². The van der Waals surface area contributed by atoms with Crippen molar-refractivity contribution in [2.75, 3.05) is 0 Å². The van der Waals surface area contributed by atoms with Crippen molar-refractivity contribution >= 4 is 0 Å². The Labute approximate surface area is 176 Å². The molecular weight excluding hydrogens is 366 g/mol. The van der Waals surface area contributed by atoms with Crippen LogP contribution in [0.3, 0.4) is 0 Å². The van der Waals surface area contributed by atoms with E-state index in [4.69, 9.17) is 0 Å². The zero-order valence-corrected chi connectivity index (χ0v) is 16.7. The first-order valence-corrected chi connectivity index (χ1v) is 10.0. The summed E-state index contributed by atoms with van der Waals surface area (Å²) in [6.07, 6.45) is 0. The molecule has 5 aromatic rings. The van der Waals surface area contributed by atoms with Gasteiger partial charge in [0.05, 0.1) is 0 Å². The van der Waals surface area contributed by atoms with Gasteiger partial charge in [0.1, 0.15) is 0 Å². The molecule has 0 amide bonds. The molecular formula is C27H21N3. The molecule has 30 heavy (non-hydrogen) atoms. The average molecular weight is 387 g/mol. The van der Waals surface area contributed by atoms with Gasteiger partial charge in [-0.15, -0.1) is 10.2 Å². The second-order valence-corrected chi connectivity index (χ2v) is 7.33. The summed E-state index contributed by atoms with van der Waals surface area (Å²) in [4.78, 5) is 0. The van der Waals surface area contributed by atoms with Crippen molar-refractivity contribution in [3.8, 4) is 39.6 Å². The minimum atomic E-state index is 0.830. The minimum Gasteiger partial charge on any atom is -0.275 e. The van der Waals surface area contributed by atoms with E-state index in [9.17, 15) is 0 Å².